The summed E-state index contributed by atoms with van der Waals surface area (Å²) in [7, 11) is 0. The van der Waals surface area contributed by atoms with E-state index < -0.39 is 0 Å². The molecule has 3 atom stereocenters. The van der Waals surface area contributed by atoms with Gasteiger partial charge in [0.25, 0.3) is 0 Å². The van der Waals surface area contributed by atoms with Crippen molar-refractivity contribution in [2.75, 3.05) is 6.61 Å². The molecule has 30 heavy (non-hydrogen) atoms. The summed E-state index contributed by atoms with van der Waals surface area (Å²) in [5.41, 5.74) is 9.64. The maximum Gasteiger partial charge on any atom is 0.205 e. The zero-order valence-electron chi connectivity index (χ0n) is 17.9. The lowest BCUT2D eigenvalue weighted by atomic mass is 9.65. The largest absolute Gasteiger partial charge is 0.445 e. The molecular formula is C25H29N3O2. The molecule has 2 aliphatic rings. The molecule has 0 bridgehead atoms. The fourth-order valence-corrected chi connectivity index (χ4v) is 4.97. The summed E-state index contributed by atoms with van der Waals surface area (Å²) in [5.74, 6) is 0.742. The summed E-state index contributed by atoms with van der Waals surface area (Å²) in [6.45, 7) is 7.16. The van der Waals surface area contributed by atoms with Crippen molar-refractivity contribution in [2.24, 2.45) is 11.1 Å². The second kappa shape index (κ2) is 8.04. The molecule has 156 valence electrons. The Kier molecular flexibility index (Phi) is 5.44. The Balaban J connectivity index is 1.82. The Labute approximate surface area is 178 Å². The molecule has 4 rings (SSSR count). The van der Waals surface area contributed by atoms with Crippen molar-refractivity contribution in [2.45, 2.75) is 52.1 Å². The molecule has 0 radical (unpaired) electrons. The van der Waals surface area contributed by atoms with Gasteiger partial charge in [0.15, 0.2) is 0 Å². The predicted octanol–water partition coefficient (Wildman–Crippen LogP) is 5.15. The maximum atomic E-state index is 9.98. The van der Waals surface area contributed by atoms with Crippen LogP contribution >= 0.6 is 0 Å². The zero-order chi connectivity index (χ0) is 21.3. The van der Waals surface area contributed by atoms with E-state index in [0.29, 0.717) is 5.57 Å². The van der Waals surface area contributed by atoms with Crippen molar-refractivity contribution in [1.29, 1.82) is 5.26 Å². The lowest BCUT2D eigenvalue weighted by molar-refractivity contribution is 0.0204. The first-order valence-corrected chi connectivity index (χ1v) is 10.6. The minimum absolute atomic E-state index is 0.108. The number of rotatable bonds is 5. The summed E-state index contributed by atoms with van der Waals surface area (Å²) in [5, 5.41) is 9.98. The molecule has 5 heteroatoms. The molecule has 1 aromatic heterocycles. The first-order valence-electron chi connectivity index (χ1n) is 10.6. The average molecular weight is 404 g/mol. The fraction of sp³-hybridized carbons (Fsp3) is 0.400. The standard InChI is InChI=1S/C25H29N3O2/c1-4-25(3,21-8-7-15-29-21)23-17(2)30-24(27)20(16-26)22(23)18-9-11-19(12-10-18)28-13-5-6-14-28/h5-6,9-14,21-22H,4,7-8,15,27H2,1-3H3. The van der Waals surface area contributed by atoms with Crippen molar-refractivity contribution in [3.8, 4) is 11.8 Å². The molecule has 0 spiro atoms. The Morgan fingerprint density at radius 3 is 2.50 bits per heavy atom. The van der Waals surface area contributed by atoms with Gasteiger partial charge in [-0.2, -0.15) is 5.26 Å². The van der Waals surface area contributed by atoms with E-state index in [2.05, 4.69) is 48.7 Å². The van der Waals surface area contributed by atoms with Gasteiger partial charge in [-0.15, -0.1) is 0 Å². The molecule has 2 N–H and O–H groups in total. The van der Waals surface area contributed by atoms with Crippen molar-refractivity contribution < 1.29 is 9.47 Å². The van der Waals surface area contributed by atoms with Crippen molar-refractivity contribution in [3.05, 3.63) is 77.1 Å². The van der Waals surface area contributed by atoms with Gasteiger partial charge < -0.3 is 19.8 Å². The first-order chi connectivity index (χ1) is 14.5. The highest BCUT2D eigenvalue weighted by molar-refractivity contribution is 5.52. The maximum absolute atomic E-state index is 9.98. The Bertz CT molecular complexity index is 1010. The molecular weight excluding hydrogens is 374 g/mol. The third-order valence-corrected chi connectivity index (χ3v) is 6.72. The van der Waals surface area contributed by atoms with Gasteiger partial charge in [-0.25, -0.2) is 0 Å². The van der Waals surface area contributed by atoms with E-state index in [1.165, 1.54) is 0 Å². The van der Waals surface area contributed by atoms with Crippen LogP contribution in [0.3, 0.4) is 0 Å². The van der Waals surface area contributed by atoms with Crippen LogP contribution in [-0.4, -0.2) is 17.3 Å². The van der Waals surface area contributed by atoms with Crippen molar-refractivity contribution in [3.63, 3.8) is 0 Å². The van der Waals surface area contributed by atoms with Crippen molar-refractivity contribution in [1.82, 2.24) is 4.57 Å². The van der Waals surface area contributed by atoms with E-state index >= 15 is 0 Å². The van der Waals surface area contributed by atoms with E-state index in [0.717, 1.165) is 48.5 Å². The molecule has 0 aliphatic carbocycles. The van der Waals surface area contributed by atoms with Crippen LogP contribution in [0.1, 0.15) is 51.5 Å². The van der Waals surface area contributed by atoms with Crippen LogP contribution in [0.5, 0.6) is 0 Å². The summed E-state index contributed by atoms with van der Waals surface area (Å²) in [6.07, 6.45) is 7.11. The lowest BCUT2D eigenvalue weighted by Crippen LogP contribution is -2.38. The number of hydrogen-bond acceptors (Lipinski definition) is 4. The van der Waals surface area contributed by atoms with E-state index in [4.69, 9.17) is 15.2 Å². The molecule has 2 aliphatic heterocycles. The van der Waals surface area contributed by atoms with Gasteiger partial charge in [-0.1, -0.05) is 26.0 Å². The van der Waals surface area contributed by atoms with Crippen LogP contribution in [0, 0.1) is 16.7 Å². The second-order valence-corrected chi connectivity index (χ2v) is 8.35. The smallest absolute Gasteiger partial charge is 0.205 e. The number of benzene rings is 1. The Morgan fingerprint density at radius 2 is 1.93 bits per heavy atom. The highest BCUT2D eigenvalue weighted by Gasteiger charge is 2.46. The lowest BCUT2D eigenvalue weighted by Gasteiger charge is -2.42. The number of nitriles is 1. The normalized spacial score (nSPS) is 23.8. The van der Waals surface area contributed by atoms with E-state index in [-0.39, 0.29) is 23.3 Å². The molecule has 0 saturated carbocycles. The van der Waals surface area contributed by atoms with Gasteiger partial charge in [-0.05, 0) is 61.6 Å². The van der Waals surface area contributed by atoms with Gasteiger partial charge in [0.05, 0.1) is 6.10 Å². The minimum Gasteiger partial charge on any atom is -0.445 e. The Hall–Kier alpha value is -2.97. The van der Waals surface area contributed by atoms with Crippen LogP contribution in [-0.2, 0) is 9.47 Å². The van der Waals surface area contributed by atoms with E-state index in [1.807, 2.05) is 31.5 Å². The SMILES string of the molecule is CCC(C)(C1=C(C)OC(N)=C(C#N)C1c1ccc(-n2cccc2)cc1)C1CCCO1. The summed E-state index contributed by atoms with van der Waals surface area (Å²) >= 11 is 0. The summed E-state index contributed by atoms with van der Waals surface area (Å²) in [4.78, 5) is 0. The van der Waals surface area contributed by atoms with Gasteiger partial charge in [-0.3, -0.25) is 0 Å². The highest BCUT2D eigenvalue weighted by atomic mass is 16.5. The van der Waals surface area contributed by atoms with Crippen LogP contribution < -0.4 is 5.73 Å². The van der Waals surface area contributed by atoms with E-state index in [1.54, 1.807) is 0 Å². The predicted molar refractivity (Wildman–Crippen MR) is 116 cm³/mol. The van der Waals surface area contributed by atoms with E-state index in [9.17, 15) is 5.26 Å². The average Bonchev–Trinajstić information content (AvgIpc) is 3.47. The van der Waals surface area contributed by atoms with Gasteiger partial charge >= 0.3 is 0 Å². The zero-order valence-corrected chi connectivity index (χ0v) is 17.9. The number of hydrogen-bond donors (Lipinski definition) is 1. The monoisotopic (exact) mass is 403 g/mol. The molecule has 2 aromatic rings. The molecule has 0 amide bonds. The Morgan fingerprint density at radius 1 is 1.23 bits per heavy atom. The first kappa shape index (κ1) is 20.3. The third kappa shape index (κ3) is 3.32. The number of nitrogens with two attached hydrogens (primary N) is 1. The van der Waals surface area contributed by atoms with Gasteiger partial charge in [0, 0.05) is 36.0 Å². The van der Waals surface area contributed by atoms with Crippen LogP contribution in [0.2, 0.25) is 0 Å². The second-order valence-electron chi connectivity index (χ2n) is 8.35. The molecule has 3 heterocycles. The van der Waals surface area contributed by atoms with Crippen LogP contribution in [0.4, 0.5) is 0 Å². The van der Waals surface area contributed by atoms with Crippen LogP contribution in [0.15, 0.2) is 71.6 Å². The number of allylic oxidation sites excluding steroid dienone is 2. The van der Waals surface area contributed by atoms with Crippen LogP contribution in [0.25, 0.3) is 5.69 Å². The minimum atomic E-state index is -0.243. The third-order valence-electron chi connectivity index (χ3n) is 6.72. The molecule has 5 nitrogen and oxygen atoms in total. The molecule has 1 saturated heterocycles. The van der Waals surface area contributed by atoms with Gasteiger partial charge in [0.2, 0.25) is 5.88 Å². The summed E-state index contributed by atoms with van der Waals surface area (Å²) in [6, 6.07) is 14.7. The molecule has 3 unspecified atom stereocenters. The molecule has 1 fully saturated rings. The highest BCUT2D eigenvalue weighted by Crippen LogP contribution is 2.52. The quantitative estimate of drug-likeness (QED) is 0.749. The topological polar surface area (TPSA) is 73.2 Å². The number of aromatic nitrogens is 1. The molecule has 1 aromatic carbocycles. The number of ether oxygens (including phenoxy) is 2. The number of nitrogens with zero attached hydrogens (tertiary/aromatic N) is 2. The van der Waals surface area contributed by atoms with Crippen molar-refractivity contribution >= 4 is 0 Å². The fourth-order valence-electron chi connectivity index (χ4n) is 4.97. The summed E-state index contributed by atoms with van der Waals surface area (Å²) < 4.78 is 14.1. The van der Waals surface area contributed by atoms with Gasteiger partial charge in [0.1, 0.15) is 17.4 Å².